The van der Waals surface area contributed by atoms with Crippen molar-refractivity contribution in [3.8, 4) is 0 Å². The third-order valence-corrected chi connectivity index (χ3v) is 8.63. The molecule has 3 atom stereocenters. The average molecular weight is 710 g/mol. The van der Waals surface area contributed by atoms with Crippen molar-refractivity contribution < 1.29 is 24.0 Å². The first kappa shape index (κ1) is 39.5. The van der Waals surface area contributed by atoms with Gasteiger partial charge in [0.25, 0.3) is 0 Å². The summed E-state index contributed by atoms with van der Waals surface area (Å²) in [7, 11) is 0. The fourth-order valence-corrected chi connectivity index (χ4v) is 5.99. The third-order valence-electron chi connectivity index (χ3n) is 7.58. The van der Waals surface area contributed by atoms with E-state index in [2.05, 4.69) is 31.6 Å². The number of amides is 4. The minimum atomic E-state index is -1.16. The Bertz CT molecular complexity index is 1570. The standard InChI is InChI=1S/C33H47N11O5S/c34-26(45)16-15-23(41-27(46)14-6-7-17-39-32(35)36)29(48)43-24(19-20-9-2-1-3-10-20)30(49)42-22(12-8-18-40-33(37)38)28(47)31-44-21-11-4-5-13-25(21)50-31/h1-5,9-11,13,22-24,32,39H,6-8,12,14-19,35-36H2,(H2,34,45)(H,41,46)(H,42,49)(H,43,48)(H4,37,38,40)/t22-,23-,24-/m0/s1. The maximum atomic E-state index is 14.0. The van der Waals surface area contributed by atoms with Crippen molar-refractivity contribution in [1.29, 1.82) is 5.41 Å². The number of nitrogens with two attached hydrogens (primary N) is 4. The van der Waals surface area contributed by atoms with Crippen LogP contribution in [0.25, 0.3) is 10.2 Å². The number of Topliss-reactive ketones (excluding diaryl/α,β-unsaturated/α-hetero) is 1. The summed E-state index contributed by atoms with van der Waals surface area (Å²) in [5, 5.41) is 21.4. The van der Waals surface area contributed by atoms with Crippen LogP contribution >= 0.6 is 11.3 Å². The third kappa shape index (κ3) is 13.9. The van der Waals surface area contributed by atoms with Gasteiger partial charge >= 0.3 is 0 Å². The zero-order valence-electron chi connectivity index (χ0n) is 27.8. The lowest BCUT2D eigenvalue weighted by atomic mass is 10.0. The Balaban J connectivity index is 1.80. The highest BCUT2D eigenvalue weighted by molar-refractivity contribution is 7.20. The van der Waals surface area contributed by atoms with E-state index in [1.165, 1.54) is 11.3 Å². The Labute approximate surface area is 294 Å². The number of carbonyl (C=O) groups excluding carboxylic acids is 5. The van der Waals surface area contributed by atoms with Crippen molar-refractivity contribution in [1.82, 2.24) is 31.6 Å². The molecule has 0 bridgehead atoms. The molecular weight excluding hydrogens is 663 g/mol. The molecule has 0 unspecified atom stereocenters. The zero-order chi connectivity index (χ0) is 36.5. The van der Waals surface area contributed by atoms with Gasteiger partial charge in [-0.05, 0) is 56.3 Å². The highest BCUT2D eigenvalue weighted by Gasteiger charge is 2.31. The maximum absolute atomic E-state index is 14.0. The average Bonchev–Trinajstić information content (AvgIpc) is 3.51. The van der Waals surface area contributed by atoms with Gasteiger partial charge in [-0.15, -0.1) is 11.3 Å². The van der Waals surface area contributed by atoms with Gasteiger partial charge in [-0.1, -0.05) is 42.5 Å². The number of benzene rings is 2. The molecule has 1 heterocycles. The summed E-state index contributed by atoms with van der Waals surface area (Å²) in [4.78, 5) is 70.2. The van der Waals surface area contributed by atoms with Crippen LogP contribution in [0.3, 0.4) is 0 Å². The van der Waals surface area contributed by atoms with E-state index in [0.717, 1.165) is 10.3 Å². The Hall–Kier alpha value is -4.97. The monoisotopic (exact) mass is 709 g/mol. The summed E-state index contributed by atoms with van der Waals surface area (Å²) >= 11 is 1.21. The SMILES string of the molecule is N=C(N)NCCC[C@H](NC(=O)[C@H](Cc1ccccc1)NC(=O)[C@H](CCC(N)=O)NC(=O)CCCCNC(N)N)C(=O)c1nc2ccccc2s1. The summed E-state index contributed by atoms with van der Waals surface area (Å²) in [5.74, 6) is -3.02. The number of aromatic nitrogens is 1. The Morgan fingerprint density at radius 1 is 0.760 bits per heavy atom. The molecule has 16 nitrogen and oxygen atoms in total. The second kappa shape index (κ2) is 20.5. The van der Waals surface area contributed by atoms with Crippen LogP contribution in [-0.4, -0.2) is 77.9 Å². The van der Waals surface area contributed by atoms with Crippen LogP contribution < -0.4 is 49.5 Å². The lowest BCUT2D eigenvalue weighted by Crippen LogP contribution is -2.56. The number of guanidine groups is 1. The van der Waals surface area contributed by atoms with E-state index in [0.29, 0.717) is 31.3 Å². The second-order valence-corrected chi connectivity index (χ2v) is 12.7. The normalized spacial score (nSPS) is 12.9. The first-order valence-corrected chi connectivity index (χ1v) is 17.2. The van der Waals surface area contributed by atoms with E-state index < -0.39 is 53.8 Å². The number of para-hydroxylation sites is 1. The van der Waals surface area contributed by atoms with E-state index in [4.69, 9.17) is 28.3 Å². The largest absolute Gasteiger partial charge is 0.370 e. The Morgan fingerprint density at radius 3 is 2.12 bits per heavy atom. The van der Waals surface area contributed by atoms with Crippen molar-refractivity contribution in [3.05, 3.63) is 65.2 Å². The van der Waals surface area contributed by atoms with Crippen molar-refractivity contribution in [3.63, 3.8) is 0 Å². The minimum absolute atomic E-state index is 0.0686. The molecule has 50 heavy (non-hydrogen) atoms. The van der Waals surface area contributed by atoms with Gasteiger partial charge in [0.15, 0.2) is 11.0 Å². The molecule has 0 aliphatic carbocycles. The van der Waals surface area contributed by atoms with Gasteiger partial charge in [-0.2, -0.15) is 0 Å². The molecule has 17 heteroatoms. The minimum Gasteiger partial charge on any atom is -0.370 e. The van der Waals surface area contributed by atoms with Crippen molar-refractivity contribution in [2.75, 3.05) is 13.1 Å². The molecule has 2 aromatic carbocycles. The van der Waals surface area contributed by atoms with E-state index in [1.54, 1.807) is 30.3 Å². The number of hydrogen-bond donors (Lipinski definition) is 10. The van der Waals surface area contributed by atoms with Gasteiger partial charge < -0.3 is 44.2 Å². The van der Waals surface area contributed by atoms with Crippen LogP contribution in [0.1, 0.15) is 60.3 Å². The molecule has 0 radical (unpaired) electrons. The summed E-state index contributed by atoms with van der Waals surface area (Å²) < 4.78 is 0.814. The fraction of sp³-hybridized carbons (Fsp3) is 0.424. The first-order valence-electron chi connectivity index (χ1n) is 16.4. The molecule has 0 aliphatic heterocycles. The van der Waals surface area contributed by atoms with Crippen LogP contribution in [0.5, 0.6) is 0 Å². The number of primary amides is 1. The smallest absolute Gasteiger partial charge is 0.243 e. The van der Waals surface area contributed by atoms with Crippen LogP contribution in [0.15, 0.2) is 54.6 Å². The van der Waals surface area contributed by atoms with Gasteiger partial charge in [-0.3, -0.25) is 34.7 Å². The number of unbranched alkanes of at least 4 members (excludes halogenated alkanes) is 1. The van der Waals surface area contributed by atoms with E-state index in [1.807, 2.05) is 24.3 Å². The second-order valence-electron chi connectivity index (χ2n) is 11.7. The van der Waals surface area contributed by atoms with Gasteiger partial charge in [0.1, 0.15) is 18.4 Å². The topological polar surface area (TPSA) is 286 Å². The lowest BCUT2D eigenvalue weighted by Gasteiger charge is -2.25. The summed E-state index contributed by atoms with van der Waals surface area (Å²) in [6, 6.07) is 13.0. The summed E-state index contributed by atoms with van der Waals surface area (Å²) in [5.41, 5.74) is 23.1. The van der Waals surface area contributed by atoms with Gasteiger partial charge in [0.05, 0.1) is 16.3 Å². The van der Waals surface area contributed by atoms with E-state index >= 15 is 0 Å². The van der Waals surface area contributed by atoms with Crippen LogP contribution in [-0.2, 0) is 25.6 Å². The predicted molar refractivity (Wildman–Crippen MR) is 191 cm³/mol. The predicted octanol–water partition coefficient (Wildman–Crippen LogP) is -0.334. The summed E-state index contributed by atoms with van der Waals surface area (Å²) in [6.45, 7) is 0.792. The fourth-order valence-electron chi connectivity index (χ4n) is 5.03. The lowest BCUT2D eigenvalue weighted by molar-refractivity contribution is -0.132. The number of nitrogens with zero attached hydrogens (tertiary/aromatic N) is 1. The van der Waals surface area contributed by atoms with Crippen molar-refractivity contribution in [2.24, 2.45) is 22.9 Å². The van der Waals surface area contributed by atoms with Crippen LogP contribution in [0.2, 0.25) is 0 Å². The van der Waals surface area contributed by atoms with E-state index in [9.17, 15) is 24.0 Å². The van der Waals surface area contributed by atoms with Crippen LogP contribution in [0.4, 0.5) is 0 Å². The first-order chi connectivity index (χ1) is 23.9. The molecule has 4 amide bonds. The van der Waals surface area contributed by atoms with E-state index in [-0.39, 0.29) is 49.6 Å². The number of thiazole rings is 1. The highest BCUT2D eigenvalue weighted by atomic mass is 32.1. The van der Waals surface area contributed by atoms with Gasteiger partial charge in [0, 0.05) is 25.8 Å². The van der Waals surface area contributed by atoms with Crippen LogP contribution in [0, 0.1) is 5.41 Å². The quantitative estimate of drug-likeness (QED) is 0.0212. The number of hydrogen-bond acceptors (Lipinski definition) is 11. The Morgan fingerprint density at radius 2 is 1.44 bits per heavy atom. The molecule has 0 aliphatic rings. The molecular formula is C33H47N11O5S. The summed E-state index contributed by atoms with van der Waals surface area (Å²) in [6.07, 6.45) is 0.902. The number of rotatable bonds is 22. The number of carbonyl (C=O) groups is 5. The Kier molecular flexibility index (Phi) is 16.2. The molecule has 0 fully saturated rings. The maximum Gasteiger partial charge on any atom is 0.243 e. The molecule has 3 aromatic rings. The number of nitrogens with one attached hydrogen (secondary N) is 6. The molecule has 14 N–H and O–H groups in total. The highest BCUT2D eigenvalue weighted by Crippen LogP contribution is 2.23. The zero-order valence-corrected chi connectivity index (χ0v) is 28.6. The van der Waals surface area contributed by atoms with Crippen molar-refractivity contribution in [2.45, 2.75) is 75.8 Å². The van der Waals surface area contributed by atoms with Gasteiger partial charge in [0.2, 0.25) is 29.4 Å². The number of ketones is 1. The van der Waals surface area contributed by atoms with Crippen molar-refractivity contribution >= 4 is 56.9 Å². The number of fused-ring (bicyclic) bond motifs is 1. The molecule has 270 valence electrons. The molecule has 1 aromatic heterocycles. The molecule has 0 saturated heterocycles. The molecule has 3 rings (SSSR count). The molecule has 0 spiro atoms. The van der Waals surface area contributed by atoms with Gasteiger partial charge in [-0.25, -0.2) is 4.98 Å². The molecule has 0 saturated carbocycles.